The molecule has 1 saturated heterocycles. The molecule has 1 amide bonds. The Hall–Kier alpha value is -1.33. The summed E-state index contributed by atoms with van der Waals surface area (Å²) < 4.78 is 5.30. The molecule has 0 aromatic heterocycles. The molecule has 0 aromatic rings. The van der Waals surface area contributed by atoms with Crippen molar-refractivity contribution in [2.45, 2.75) is 39.0 Å². The molecular formula is C18H31N3O2. The van der Waals surface area contributed by atoms with Gasteiger partial charge in [0.2, 0.25) is 0 Å². The van der Waals surface area contributed by atoms with Gasteiger partial charge in [-0.2, -0.15) is 0 Å². The van der Waals surface area contributed by atoms with Gasteiger partial charge in [-0.3, -0.25) is 10.2 Å². The van der Waals surface area contributed by atoms with E-state index >= 15 is 0 Å². The van der Waals surface area contributed by atoms with Crippen LogP contribution in [0.3, 0.4) is 0 Å². The van der Waals surface area contributed by atoms with Crippen LogP contribution >= 0.6 is 0 Å². The number of morpholine rings is 1. The second-order valence-corrected chi connectivity index (χ2v) is 6.57. The molecule has 1 heterocycles. The van der Waals surface area contributed by atoms with E-state index in [0.29, 0.717) is 18.8 Å². The van der Waals surface area contributed by atoms with E-state index in [1.807, 2.05) is 25.1 Å². The van der Waals surface area contributed by atoms with E-state index in [1.165, 1.54) is 32.1 Å². The smallest absolute Gasteiger partial charge is 0.267 e. The van der Waals surface area contributed by atoms with E-state index in [1.54, 1.807) is 0 Å². The van der Waals surface area contributed by atoms with Crippen LogP contribution in [0.25, 0.3) is 0 Å². The number of nitrogens with one attached hydrogen (secondary N) is 1. The molecule has 5 nitrogen and oxygen atoms in total. The second-order valence-electron chi connectivity index (χ2n) is 6.57. The first-order valence-electron chi connectivity index (χ1n) is 8.82. The van der Waals surface area contributed by atoms with Crippen molar-refractivity contribution in [3.63, 3.8) is 0 Å². The topological polar surface area (TPSA) is 44.8 Å². The normalized spacial score (nSPS) is 21.0. The minimum Gasteiger partial charge on any atom is -0.379 e. The zero-order valence-corrected chi connectivity index (χ0v) is 14.6. The van der Waals surface area contributed by atoms with Crippen LogP contribution in [0, 0.1) is 5.92 Å². The average molecular weight is 321 g/mol. The molecule has 0 radical (unpaired) electrons. The van der Waals surface area contributed by atoms with Crippen LogP contribution in [0.1, 0.15) is 39.0 Å². The number of ether oxygens (including phenoxy) is 1. The number of likely N-dealkylation sites (N-methyl/N-ethyl adjacent to an activating group) is 1. The van der Waals surface area contributed by atoms with E-state index in [2.05, 4.69) is 16.9 Å². The molecule has 1 N–H and O–H groups in total. The standard InChI is InChI=1S/C18H31N3O2/c1-4-17(18(22)19-21-10-12-23-13-11-21)15(2)20(3)14-16-8-6-5-7-9-16/h4,16H,2,5-14H2,1,3H3,(H,19,22)/b17-4+. The van der Waals surface area contributed by atoms with Crippen LogP contribution in [0.2, 0.25) is 0 Å². The van der Waals surface area contributed by atoms with E-state index in [4.69, 9.17) is 4.74 Å². The van der Waals surface area contributed by atoms with Crippen LogP contribution < -0.4 is 5.43 Å². The predicted molar refractivity (Wildman–Crippen MR) is 92.6 cm³/mol. The Morgan fingerprint density at radius 2 is 1.96 bits per heavy atom. The number of allylic oxidation sites excluding steroid dienone is 1. The number of hydrogen-bond donors (Lipinski definition) is 1. The number of rotatable bonds is 6. The van der Waals surface area contributed by atoms with Crippen LogP contribution in [0.15, 0.2) is 23.9 Å². The van der Waals surface area contributed by atoms with Gasteiger partial charge in [-0.15, -0.1) is 0 Å². The fourth-order valence-corrected chi connectivity index (χ4v) is 3.38. The maximum Gasteiger partial charge on any atom is 0.267 e. The van der Waals surface area contributed by atoms with E-state index in [0.717, 1.165) is 31.2 Å². The predicted octanol–water partition coefficient (Wildman–Crippen LogP) is 2.32. The highest BCUT2D eigenvalue weighted by molar-refractivity contribution is 5.97. The Bertz CT molecular complexity index is 436. The lowest BCUT2D eigenvalue weighted by Crippen LogP contribution is -2.49. The number of amides is 1. The number of nitrogens with zero attached hydrogens (tertiary/aromatic N) is 2. The highest BCUT2D eigenvalue weighted by atomic mass is 16.5. The monoisotopic (exact) mass is 321 g/mol. The Kier molecular flexibility index (Phi) is 7.12. The third kappa shape index (κ3) is 5.36. The van der Waals surface area contributed by atoms with Crippen molar-refractivity contribution in [2.75, 3.05) is 39.9 Å². The maximum atomic E-state index is 12.5. The zero-order chi connectivity index (χ0) is 16.7. The molecule has 2 rings (SSSR count). The second kappa shape index (κ2) is 9.08. The molecule has 0 spiro atoms. The molecule has 130 valence electrons. The van der Waals surface area contributed by atoms with E-state index < -0.39 is 0 Å². The van der Waals surface area contributed by atoms with Crippen molar-refractivity contribution in [2.24, 2.45) is 5.92 Å². The van der Waals surface area contributed by atoms with Gasteiger partial charge >= 0.3 is 0 Å². The summed E-state index contributed by atoms with van der Waals surface area (Å²) in [7, 11) is 2.04. The average Bonchev–Trinajstić information content (AvgIpc) is 2.57. The van der Waals surface area contributed by atoms with Gasteiger partial charge in [0.15, 0.2) is 0 Å². The Balaban J connectivity index is 1.87. The summed E-state index contributed by atoms with van der Waals surface area (Å²) in [5.41, 5.74) is 4.44. The molecule has 1 aliphatic carbocycles. The number of hydrogen-bond acceptors (Lipinski definition) is 4. The summed E-state index contributed by atoms with van der Waals surface area (Å²) in [6, 6.07) is 0. The van der Waals surface area contributed by atoms with Crippen LogP contribution in [0.4, 0.5) is 0 Å². The van der Waals surface area contributed by atoms with E-state index in [-0.39, 0.29) is 5.91 Å². The van der Waals surface area contributed by atoms with Gasteiger partial charge in [-0.1, -0.05) is 31.9 Å². The molecule has 5 heteroatoms. The molecule has 1 aliphatic heterocycles. The first kappa shape index (κ1) is 18.0. The SMILES string of the molecule is C=C(/C(=C\C)C(=O)NN1CCOCC1)N(C)CC1CCCCC1. The number of carbonyl (C=O) groups is 1. The van der Waals surface area contributed by atoms with Crippen molar-refractivity contribution >= 4 is 5.91 Å². The molecule has 2 fully saturated rings. The lowest BCUT2D eigenvalue weighted by molar-refractivity contribution is -0.124. The molecule has 0 bridgehead atoms. The van der Waals surface area contributed by atoms with E-state index in [9.17, 15) is 4.79 Å². The van der Waals surface area contributed by atoms with Crippen molar-refractivity contribution in [1.29, 1.82) is 0 Å². The van der Waals surface area contributed by atoms with Gasteiger partial charge in [0, 0.05) is 32.4 Å². The molecular weight excluding hydrogens is 290 g/mol. The lowest BCUT2D eigenvalue weighted by atomic mass is 9.89. The van der Waals surface area contributed by atoms with Gasteiger partial charge in [0.25, 0.3) is 5.91 Å². The quantitative estimate of drug-likeness (QED) is 0.602. The zero-order valence-electron chi connectivity index (χ0n) is 14.6. The maximum absolute atomic E-state index is 12.5. The van der Waals surface area contributed by atoms with Crippen LogP contribution in [-0.4, -0.2) is 55.7 Å². The molecule has 0 unspecified atom stereocenters. The van der Waals surface area contributed by atoms with Crippen molar-refractivity contribution in [3.05, 3.63) is 23.9 Å². The minimum atomic E-state index is -0.0742. The number of carbonyl (C=O) groups excluding carboxylic acids is 1. The fraction of sp³-hybridized carbons (Fsp3) is 0.722. The van der Waals surface area contributed by atoms with Gasteiger partial charge in [-0.05, 0) is 25.7 Å². The van der Waals surface area contributed by atoms with Crippen molar-refractivity contribution < 1.29 is 9.53 Å². The third-order valence-corrected chi connectivity index (χ3v) is 4.83. The summed E-state index contributed by atoms with van der Waals surface area (Å²) in [5.74, 6) is 0.654. The van der Waals surface area contributed by atoms with Gasteiger partial charge in [0.05, 0.1) is 18.8 Å². The van der Waals surface area contributed by atoms with Gasteiger partial charge in [-0.25, -0.2) is 5.01 Å². The third-order valence-electron chi connectivity index (χ3n) is 4.83. The highest BCUT2D eigenvalue weighted by Gasteiger charge is 2.21. The lowest BCUT2D eigenvalue weighted by Gasteiger charge is -2.31. The molecule has 0 atom stereocenters. The summed E-state index contributed by atoms with van der Waals surface area (Å²) >= 11 is 0. The first-order chi connectivity index (χ1) is 11.1. The summed E-state index contributed by atoms with van der Waals surface area (Å²) in [4.78, 5) is 14.7. The molecule has 23 heavy (non-hydrogen) atoms. The van der Waals surface area contributed by atoms with Crippen LogP contribution in [0.5, 0.6) is 0 Å². The van der Waals surface area contributed by atoms with Crippen molar-refractivity contribution in [1.82, 2.24) is 15.3 Å². The summed E-state index contributed by atoms with van der Waals surface area (Å²) in [6.07, 6.45) is 8.47. The van der Waals surface area contributed by atoms with Gasteiger partial charge in [0.1, 0.15) is 0 Å². The number of hydrazine groups is 1. The summed E-state index contributed by atoms with van der Waals surface area (Å²) in [5, 5.41) is 1.92. The largest absolute Gasteiger partial charge is 0.379 e. The summed E-state index contributed by atoms with van der Waals surface area (Å²) in [6.45, 7) is 9.82. The Morgan fingerprint density at radius 3 is 2.57 bits per heavy atom. The van der Waals surface area contributed by atoms with Crippen LogP contribution in [-0.2, 0) is 9.53 Å². The fourth-order valence-electron chi connectivity index (χ4n) is 3.38. The van der Waals surface area contributed by atoms with Gasteiger partial charge < -0.3 is 9.64 Å². The van der Waals surface area contributed by atoms with Crippen molar-refractivity contribution in [3.8, 4) is 0 Å². The highest BCUT2D eigenvalue weighted by Crippen LogP contribution is 2.25. The Morgan fingerprint density at radius 1 is 1.30 bits per heavy atom. The minimum absolute atomic E-state index is 0.0742. The first-order valence-corrected chi connectivity index (χ1v) is 8.82. The molecule has 1 saturated carbocycles. The Labute approximate surface area is 140 Å². The molecule has 0 aromatic carbocycles. The molecule has 2 aliphatic rings.